The van der Waals surface area contributed by atoms with Crippen LogP contribution in [-0.2, 0) is 16.1 Å². The van der Waals surface area contributed by atoms with Gasteiger partial charge in [0.25, 0.3) is 0 Å². The lowest BCUT2D eigenvalue weighted by atomic mass is 10.1. The third-order valence-corrected chi connectivity index (χ3v) is 2.79. The molecule has 6 heteroatoms. The fourth-order valence-electron chi connectivity index (χ4n) is 1.73. The monoisotopic (exact) mass is 268 g/mol. The number of methoxy groups -OCH3 is 1. The molecule has 0 bridgehead atoms. The first kappa shape index (κ1) is 15.7. The summed E-state index contributed by atoms with van der Waals surface area (Å²) in [5, 5.41) is 7.03. The summed E-state index contributed by atoms with van der Waals surface area (Å²) in [4.78, 5) is 11.7. The molecular weight excluding hydrogens is 244 g/mol. The SMILES string of the molecule is COCCn1ccc(NC(=O)CCCCCCN)n1. The van der Waals surface area contributed by atoms with E-state index in [9.17, 15) is 4.79 Å². The Morgan fingerprint density at radius 2 is 2.21 bits per heavy atom. The molecule has 108 valence electrons. The predicted octanol–water partition coefficient (Wildman–Crippen LogP) is 1.38. The molecule has 0 aliphatic heterocycles. The molecule has 0 aromatic carbocycles. The van der Waals surface area contributed by atoms with Gasteiger partial charge in [0.05, 0.1) is 13.2 Å². The molecular formula is C13H24N4O2. The minimum Gasteiger partial charge on any atom is -0.383 e. The van der Waals surface area contributed by atoms with E-state index in [1.165, 1.54) is 0 Å². The molecule has 0 saturated heterocycles. The van der Waals surface area contributed by atoms with Gasteiger partial charge >= 0.3 is 0 Å². The van der Waals surface area contributed by atoms with Gasteiger partial charge in [0.15, 0.2) is 5.82 Å². The fraction of sp³-hybridized carbons (Fsp3) is 0.692. The molecule has 0 aliphatic rings. The highest BCUT2D eigenvalue weighted by Crippen LogP contribution is 2.06. The molecule has 1 aromatic rings. The number of nitrogens with two attached hydrogens (primary N) is 1. The van der Waals surface area contributed by atoms with E-state index < -0.39 is 0 Å². The number of anilines is 1. The predicted molar refractivity (Wildman–Crippen MR) is 74.9 cm³/mol. The van der Waals surface area contributed by atoms with Crippen molar-refractivity contribution >= 4 is 11.7 Å². The number of nitrogens with one attached hydrogen (secondary N) is 1. The van der Waals surface area contributed by atoms with Crippen molar-refractivity contribution in [3.8, 4) is 0 Å². The van der Waals surface area contributed by atoms with Gasteiger partial charge in [0, 0.05) is 25.8 Å². The number of carbonyl (C=O) groups excluding carboxylic acids is 1. The van der Waals surface area contributed by atoms with Gasteiger partial charge in [-0.1, -0.05) is 12.8 Å². The minimum atomic E-state index is 0.0183. The summed E-state index contributed by atoms with van der Waals surface area (Å²) in [6.45, 7) is 2.02. The average Bonchev–Trinajstić information content (AvgIpc) is 2.83. The van der Waals surface area contributed by atoms with Crippen LogP contribution in [-0.4, -0.2) is 35.9 Å². The van der Waals surface area contributed by atoms with E-state index in [0.29, 0.717) is 25.4 Å². The van der Waals surface area contributed by atoms with E-state index in [1.807, 2.05) is 6.20 Å². The molecule has 0 spiro atoms. The maximum Gasteiger partial charge on any atom is 0.225 e. The van der Waals surface area contributed by atoms with Crippen LogP contribution >= 0.6 is 0 Å². The molecule has 19 heavy (non-hydrogen) atoms. The quantitative estimate of drug-likeness (QED) is 0.628. The van der Waals surface area contributed by atoms with E-state index in [1.54, 1.807) is 17.9 Å². The van der Waals surface area contributed by atoms with Crippen molar-refractivity contribution in [1.82, 2.24) is 9.78 Å². The average molecular weight is 268 g/mol. The summed E-state index contributed by atoms with van der Waals surface area (Å²) < 4.78 is 6.71. The van der Waals surface area contributed by atoms with Crippen LogP contribution in [0.15, 0.2) is 12.3 Å². The van der Waals surface area contributed by atoms with Crippen LogP contribution in [0.5, 0.6) is 0 Å². The number of hydrogen-bond donors (Lipinski definition) is 2. The smallest absolute Gasteiger partial charge is 0.225 e. The van der Waals surface area contributed by atoms with Crippen molar-refractivity contribution in [3.63, 3.8) is 0 Å². The van der Waals surface area contributed by atoms with Gasteiger partial charge in [-0.3, -0.25) is 9.48 Å². The number of ether oxygens (including phenoxy) is 1. The molecule has 1 amide bonds. The van der Waals surface area contributed by atoms with Crippen molar-refractivity contribution in [2.75, 3.05) is 25.6 Å². The second-order valence-electron chi connectivity index (χ2n) is 4.46. The van der Waals surface area contributed by atoms with Crippen molar-refractivity contribution in [1.29, 1.82) is 0 Å². The van der Waals surface area contributed by atoms with Gasteiger partial charge in [0.2, 0.25) is 5.91 Å². The first-order valence-electron chi connectivity index (χ1n) is 6.78. The Balaban J connectivity index is 2.18. The summed E-state index contributed by atoms with van der Waals surface area (Å²) >= 11 is 0. The zero-order valence-corrected chi connectivity index (χ0v) is 11.6. The molecule has 1 heterocycles. The Kier molecular flexibility index (Phi) is 7.84. The maximum atomic E-state index is 11.7. The number of aromatic nitrogens is 2. The van der Waals surface area contributed by atoms with Crippen LogP contribution < -0.4 is 11.1 Å². The molecule has 1 aromatic heterocycles. The molecule has 0 radical (unpaired) electrons. The number of rotatable bonds is 10. The van der Waals surface area contributed by atoms with Crippen LogP contribution in [0.1, 0.15) is 32.1 Å². The summed E-state index contributed by atoms with van der Waals surface area (Å²) in [7, 11) is 1.65. The normalized spacial score (nSPS) is 10.6. The van der Waals surface area contributed by atoms with Crippen molar-refractivity contribution in [3.05, 3.63) is 12.3 Å². The van der Waals surface area contributed by atoms with Gasteiger partial charge in [-0.25, -0.2) is 0 Å². The number of hydrogen-bond acceptors (Lipinski definition) is 4. The highest BCUT2D eigenvalue weighted by atomic mass is 16.5. The highest BCUT2D eigenvalue weighted by Gasteiger charge is 2.04. The second kappa shape index (κ2) is 9.52. The first-order chi connectivity index (χ1) is 9.26. The Labute approximate surface area is 114 Å². The Hall–Kier alpha value is -1.40. The fourth-order valence-corrected chi connectivity index (χ4v) is 1.73. The number of amides is 1. The lowest BCUT2D eigenvalue weighted by molar-refractivity contribution is -0.116. The third kappa shape index (κ3) is 6.93. The number of nitrogens with zero attached hydrogens (tertiary/aromatic N) is 2. The summed E-state index contributed by atoms with van der Waals surface area (Å²) in [6.07, 6.45) is 6.44. The molecule has 0 unspecified atom stereocenters. The standard InChI is InChI=1S/C13H24N4O2/c1-19-11-10-17-9-7-12(16-17)15-13(18)6-4-2-3-5-8-14/h7,9H,2-6,8,10-11,14H2,1H3,(H,15,16,18). The highest BCUT2D eigenvalue weighted by molar-refractivity contribution is 5.89. The van der Waals surface area contributed by atoms with Crippen LogP contribution in [0.4, 0.5) is 5.82 Å². The molecule has 0 saturated carbocycles. The van der Waals surface area contributed by atoms with Crippen LogP contribution in [0.25, 0.3) is 0 Å². The van der Waals surface area contributed by atoms with Crippen LogP contribution in [0, 0.1) is 0 Å². The van der Waals surface area contributed by atoms with Gasteiger partial charge in [-0.15, -0.1) is 0 Å². The molecule has 0 aliphatic carbocycles. The number of carbonyl (C=O) groups is 1. The van der Waals surface area contributed by atoms with Crippen LogP contribution in [0.2, 0.25) is 0 Å². The maximum absolute atomic E-state index is 11.7. The Morgan fingerprint density at radius 1 is 1.42 bits per heavy atom. The van der Waals surface area contributed by atoms with Crippen molar-refractivity contribution in [2.45, 2.75) is 38.6 Å². The molecule has 6 nitrogen and oxygen atoms in total. The number of unbranched alkanes of at least 4 members (excludes halogenated alkanes) is 3. The lowest BCUT2D eigenvalue weighted by Gasteiger charge is -2.02. The topological polar surface area (TPSA) is 82.2 Å². The minimum absolute atomic E-state index is 0.0183. The van der Waals surface area contributed by atoms with Crippen molar-refractivity contribution < 1.29 is 9.53 Å². The molecule has 3 N–H and O–H groups in total. The second-order valence-corrected chi connectivity index (χ2v) is 4.46. The van der Waals surface area contributed by atoms with Crippen molar-refractivity contribution in [2.24, 2.45) is 5.73 Å². The van der Waals surface area contributed by atoms with Gasteiger partial charge in [-0.2, -0.15) is 5.10 Å². The van der Waals surface area contributed by atoms with E-state index in [0.717, 1.165) is 32.2 Å². The zero-order valence-electron chi connectivity index (χ0n) is 11.6. The molecule has 0 atom stereocenters. The van der Waals surface area contributed by atoms with E-state index in [4.69, 9.17) is 10.5 Å². The lowest BCUT2D eigenvalue weighted by Crippen LogP contribution is -2.12. The third-order valence-electron chi connectivity index (χ3n) is 2.79. The summed E-state index contributed by atoms with van der Waals surface area (Å²) in [6, 6.07) is 1.79. The van der Waals surface area contributed by atoms with Gasteiger partial charge in [-0.05, 0) is 19.4 Å². The molecule has 0 fully saturated rings. The van der Waals surface area contributed by atoms with Gasteiger partial charge < -0.3 is 15.8 Å². The first-order valence-corrected chi connectivity index (χ1v) is 6.78. The van der Waals surface area contributed by atoms with Crippen LogP contribution in [0.3, 0.4) is 0 Å². The van der Waals surface area contributed by atoms with Gasteiger partial charge in [0.1, 0.15) is 0 Å². The molecule has 1 rings (SSSR count). The summed E-state index contributed by atoms with van der Waals surface area (Å²) in [5.74, 6) is 0.618. The Bertz CT molecular complexity index is 365. The summed E-state index contributed by atoms with van der Waals surface area (Å²) in [5.41, 5.74) is 5.41. The zero-order chi connectivity index (χ0) is 13.9. The van der Waals surface area contributed by atoms with E-state index in [-0.39, 0.29) is 5.91 Å². The van der Waals surface area contributed by atoms with E-state index >= 15 is 0 Å². The van der Waals surface area contributed by atoms with E-state index in [2.05, 4.69) is 10.4 Å². The largest absolute Gasteiger partial charge is 0.383 e. The Morgan fingerprint density at radius 3 is 2.95 bits per heavy atom.